The molecular formula is C18H24N4O3S2. The molecule has 1 aliphatic carbocycles. The Balaban J connectivity index is 1.54. The van der Waals surface area contributed by atoms with Gasteiger partial charge >= 0.3 is 0 Å². The van der Waals surface area contributed by atoms with Crippen LogP contribution in [-0.2, 0) is 22.4 Å². The fourth-order valence-electron chi connectivity index (χ4n) is 2.98. The Hall–Kier alpha value is -1.87. The van der Waals surface area contributed by atoms with Gasteiger partial charge in [-0.3, -0.25) is 9.59 Å². The molecule has 0 aliphatic heterocycles. The van der Waals surface area contributed by atoms with E-state index in [2.05, 4.69) is 33.8 Å². The molecule has 0 saturated carbocycles. The number of aryl methyl sites for hydroxylation is 1. The summed E-state index contributed by atoms with van der Waals surface area (Å²) in [6.45, 7) is 6.29. The molecule has 1 aliphatic rings. The van der Waals surface area contributed by atoms with E-state index in [1.54, 1.807) is 18.3 Å². The van der Waals surface area contributed by atoms with Crippen molar-refractivity contribution in [1.29, 1.82) is 0 Å². The lowest BCUT2D eigenvalue weighted by Gasteiger charge is -2.16. The van der Waals surface area contributed by atoms with Crippen molar-refractivity contribution < 1.29 is 14.0 Å². The van der Waals surface area contributed by atoms with Gasteiger partial charge in [0.2, 0.25) is 11.8 Å². The maximum absolute atomic E-state index is 12.0. The fraction of sp³-hybridized carbons (Fsp3) is 0.556. The van der Waals surface area contributed by atoms with Crippen molar-refractivity contribution in [2.45, 2.75) is 51.3 Å². The fourth-order valence-corrected chi connectivity index (χ4v) is 4.69. The van der Waals surface area contributed by atoms with Gasteiger partial charge in [-0.25, -0.2) is 0 Å². The summed E-state index contributed by atoms with van der Waals surface area (Å²) in [6, 6.07) is 1.58. The van der Waals surface area contributed by atoms with E-state index in [0.29, 0.717) is 23.6 Å². The number of rotatable bonds is 7. The van der Waals surface area contributed by atoms with Gasteiger partial charge in [0.25, 0.3) is 11.1 Å². The summed E-state index contributed by atoms with van der Waals surface area (Å²) in [5.74, 6) is 0.879. The third kappa shape index (κ3) is 5.10. The van der Waals surface area contributed by atoms with Crippen LogP contribution in [0.15, 0.2) is 15.7 Å². The molecule has 0 unspecified atom stereocenters. The summed E-state index contributed by atoms with van der Waals surface area (Å²) in [5, 5.41) is 13.8. The molecule has 2 aromatic heterocycles. The maximum atomic E-state index is 12.0. The Morgan fingerprint density at radius 1 is 1.44 bits per heavy atom. The van der Waals surface area contributed by atoms with Gasteiger partial charge in [0.05, 0.1) is 10.6 Å². The van der Waals surface area contributed by atoms with Crippen molar-refractivity contribution in [1.82, 2.24) is 20.8 Å². The van der Waals surface area contributed by atoms with E-state index in [9.17, 15) is 9.59 Å². The van der Waals surface area contributed by atoms with Crippen LogP contribution in [0.3, 0.4) is 0 Å². The van der Waals surface area contributed by atoms with Crippen LogP contribution in [0.4, 0.5) is 0 Å². The first-order chi connectivity index (χ1) is 13.0. The number of fused-ring (bicyclic) bond motifs is 1. The van der Waals surface area contributed by atoms with Crippen LogP contribution in [0, 0.1) is 5.92 Å². The van der Waals surface area contributed by atoms with Crippen molar-refractivity contribution in [3.8, 4) is 10.8 Å². The van der Waals surface area contributed by atoms with Gasteiger partial charge in [0.1, 0.15) is 6.04 Å². The van der Waals surface area contributed by atoms with Crippen LogP contribution in [0.5, 0.6) is 0 Å². The van der Waals surface area contributed by atoms with Crippen LogP contribution in [0.2, 0.25) is 0 Å². The largest absolute Gasteiger partial charge is 0.410 e. The van der Waals surface area contributed by atoms with Gasteiger partial charge in [-0.15, -0.1) is 21.5 Å². The molecule has 2 atom stereocenters. The molecule has 2 amide bonds. The predicted octanol–water partition coefficient (Wildman–Crippen LogP) is 2.66. The lowest BCUT2D eigenvalue weighted by Crippen LogP contribution is -2.45. The Kier molecular flexibility index (Phi) is 6.54. The molecule has 146 valence electrons. The summed E-state index contributed by atoms with van der Waals surface area (Å²) in [7, 11) is 0. The van der Waals surface area contributed by atoms with Gasteiger partial charge < -0.3 is 15.1 Å². The molecule has 0 bridgehead atoms. The minimum Gasteiger partial charge on any atom is -0.410 e. The lowest BCUT2D eigenvalue weighted by atomic mass is 9.90. The molecule has 7 nitrogen and oxygen atoms in total. The summed E-state index contributed by atoms with van der Waals surface area (Å²) in [6.07, 6.45) is 3.44. The second kappa shape index (κ2) is 8.88. The van der Waals surface area contributed by atoms with E-state index in [-0.39, 0.29) is 17.6 Å². The highest BCUT2D eigenvalue weighted by molar-refractivity contribution is 7.99. The highest BCUT2D eigenvalue weighted by Crippen LogP contribution is 2.37. The molecule has 2 heterocycles. The number of carbonyl (C=O) groups is 2. The molecule has 3 rings (SSSR count). The zero-order valence-corrected chi connectivity index (χ0v) is 17.3. The Labute approximate surface area is 166 Å². The van der Waals surface area contributed by atoms with E-state index >= 15 is 0 Å². The van der Waals surface area contributed by atoms with E-state index in [1.165, 1.54) is 28.6 Å². The number of hydrogen-bond acceptors (Lipinski definition) is 7. The zero-order valence-electron chi connectivity index (χ0n) is 15.7. The average Bonchev–Trinajstić information content (AvgIpc) is 3.26. The molecule has 27 heavy (non-hydrogen) atoms. The number of aromatic nitrogens is 2. The van der Waals surface area contributed by atoms with E-state index in [1.807, 2.05) is 6.92 Å². The van der Waals surface area contributed by atoms with Gasteiger partial charge in [-0.1, -0.05) is 18.7 Å². The molecular weight excluding hydrogens is 384 g/mol. The quantitative estimate of drug-likeness (QED) is 0.684. The number of nitrogens with zero attached hydrogens (tertiary/aromatic N) is 2. The van der Waals surface area contributed by atoms with Gasteiger partial charge in [0, 0.05) is 11.4 Å². The Bertz CT molecular complexity index is 817. The first-order valence-corrected chi connectivity index (χ1v) is 10.9. The number of thioether (sulfide) groups is 1. The number of thiophene rings is 1. The van der Waals surface area contributed by atoms with Crippen LogP contribution in [0.1, 0.15) is 37.6 Å². The topological polar surface area (TPSA) is 97.1 Å². The third-order valence-corrected chi connectivity index (χ3v) is 6.44. The smallest absolute Gasteiger partial charge is 0.277 e. The van der Waals surface area contributed by atoms with Gasteiger partial charge in [-0.05, 0) is 50.7 Å². The first kappa shape index (κ1) is 19.9. The standard InChI is InChI=1S/C18H24N4O3S2/c1-4-19-16(24)11(3)20-15(23)9-26-18-22-21-17(25-18)14-8-12-7-10(2)5-6-13(12)27-14/h8,10-11H,4-7,9H2,1-3H3,(H,19,24)(H,20,23)/t10-,11-/m1/s1. The predicted molar refractivity (Wildman–Crippen MR) is 106 cm³/mol. The SMILES string of the molecule is CCNC(=O)[C@@H](C)NC(=O)CSc1nnc(-c2cc3c(s2)CC[C@@H](C)C3)o1. The van der Waals surface area contributed by atoms with Crippen molar-refractivity contribution in [2.24, 2.45) is 5.92 Å². The molecule has 0 fully saturated rings. The second-order valence-corrected chi connectivity index (χ2v) is 8.82. The number of amides is 2. The number of hydrogen-bond donors (Lipinski definition) is 2. The van der Waals surface area contributed by atoms with Crippen molar-refractivity contribution in [3.05, 3.63) is 16.5 Å². The Morgan fingerprint density at radius 2 is 2.26 bits per heavy atom. The van der Waals surface area contributed by atoms with Gasteiger partial charge in [0.15, 0.2) is 0 Å². The molecule has 2 aromatic rings. The number of likely N-dealkylation sites (N-methyl/N-ethyl adjacent to an activating group) is 1. The Morgan fingerprint density at radius 3 is 3.04 bits per heavy atom. The summed E-state index contributed by atoms with van der Waals surface area (Å²) >= 11 is 2.88. The number of carbonyl (C=O) groups excluding carboxylic acids is 2. The van der Waals surface area contributed by atoms with E-state index in [4.69, 9.17) is 4.42 Å². The number of nitrogens with one attached hydrogen (secondary N) is 2. The first-order valence-electron chi connectivity index (χ1n) is 9.11. The molecule has 2 N–H and O–H groups in total. The van der Waals surface area contributed by atoms with E-state index in [0.717, 1.165) is 17.7 Å². The zero-order chi connectivity index (χ0) is 19.4. The van der Waals surface area contributed by atoms with Crippen LogP contribution >= 0.6 is 23.1 Å². The van der Waals surface area contributed by atoms with Crippen molar-refractivity contribution in [2.75, 3.05) is 12.3 Å². The normalized spacial score (nSPS) is 17.2. The summed E-state index contributed by atoms with van der Waals surface area (Å²) in [5.41, 5.74) is 1.39. The van der Waals surface area contributed by atoms with Crippen LogP contribution < -0.4 is 10.6 Å². The monoisotopic (exact) mass is 408 g/mol. The highest BCUT2D eigenvalue weighted by Gasteiger charge is 2.21. The van der Waals surface area contributed by atoms with Gasteiger partial charge in [-0.2, -0.15) is 0 Å². The second-order valence-electron chi connectivity index (χ2n) is 6.75. The maximum Gasteiger partial charge on any atom is 0.277 e. The van der Waals surface area contributed by atoms with Crippen molar-refractivity contribution >= 4 is 34.9 Å². The molecule has 0 spiro atoms. The highest BCUT2D eigenvalue weighted by atomic mass is 32.2. The minimum absolute atomic E-state index is 0.115. The lowest BCUT2D eigenvalue weighted by molar-refractivity contribution is -0.127. The summed E-state index contributed by atoms with van der Waals surface area (Å²) in [4.78, 5) is 26.0. The minimum atomic E-state index is -0.573. The van der Waals surface area contributed by atoms with Crippen LogP contribution in [-0.4, -0.2) is 40.4 Å². The molecule has 0 radical (unpaired) electrons. The molecule has 0 aromatic carbocycles. The summed E-state index contributed by atoms with van der Waals surface area (Å²) < 4.78 is 5.71. The third-order valence-electron chi connectivity index (χ3n) is 4.39. The molecule has 9 heteroatoms. The van der Waals surface area contributed by atoms with Crippen LogP contribution in [0.25, 0.3) is 10.8 Å². The van der Waals surface area contributed by atoms with Crippen molar-refractivity contribution in [3.63, 3.8) is 0 Å². The molecule has 0 saturated heterocycles. The van der Waals surface area contributed by atoms with E-state index < -0.39 is 6.04 Å². The average molecular weight is 409 g/mol.